The molecule has 5 nitrogen and oxygen atoms in total. The molecule has 0 spiro atoms. The summed E-state index contributed by atoms with van der Waals surface area (Å²) in [4.78, 5) is 27.0. The molecular weight excluding hydrogens is 419 g/mol. The second-order valence-corrected chi connectivity index (χ2v) is 7.94. The number of benzene rings is 3. The third-order valence-electron chi connectivity index (χ3n) is 5.69. The lowest BCUT2D eigenvalue weighted by molar-refractivity contribution is 0.0729. The Morgan fingerprint density at radius 1 is 0.879 bits per heavy atom. The summed E-state index contributed by atoms with van der Waals surface area (Å²) in [5.41, 5.74) is 3.51. The van der Waals surface area contributed by atoms with E-state index in [0.29, 0.717) is 42.1 Å². The van der Waals surface area contributed by atoms with E-state index in [1.54, 1.807) is 17.0 Å². The third-order valence-corrected chi connectivity index (χ3v) is 5.69. The lowest BCUT2D eigenvalue weighted by Crippen LogP contribution is -2.35. The van der Waals surface area contributed by atoms with Crippen molar-refractivity contribution in [3.05, 3.63) is 113 Å². The van der Waals surface area contributed by atoms with E-state index in [4.69, 9.17) is 4.42 Å². The van der Waals surface area contributed by atoms with E-state index in [1.807, 2.05) is 48.5 Å². The van der Waals surface area contributed by atoms with Crippen LogP contribution in [-0.2, 0) is 13.0 Å². The van der Waals surface area contributed by atoms with E-state index >= 15 is 0 Å². The maximum absolute atomic E-state index is 13.2. The molecule has 164 valence electrons. The number of carbonyl (C=O) groups excluding carboxylic acids is 2. The largest absolute Gasteiger partial charge is 0.461 e. The Kier molecular flexibility index (Phi) is 5.48. The molecule has 5 rings (SSSR count). The molecule has 1 aliphatic heterocycles. The van der Waals surface area contributed by atoms with Crippen LogP contribution in [0.3, 0.4) is 0 Å². The average molecular weight is 440 g/mol. The van der Waals surface area contributed by atoms with E-state index in [0.717, 1.165) is 16.9 Å². The van der Waals surface area contributed by atoms with Gasteiger partial charge >= 0.3 is 0 Å². The Balaban J connectivity index is 1.32. The second kappa shape index (κ2) is 8.74. The third kappa shape index (κ3) is 4.41. The quantitative estimate of drug-likeness (QED) is 0.453. The lowest BCUT2D eigenvalue weighted by atomic mass is 10.1. The Bertz CT molecular complexity index is 1310. The van der Waals surface area contributed by atoms with Gasteiger partial charge in [-0.1, -0.05) is 30.3 Å². The molecule has 1 aliphatic rings. The number of amides is 2. The summed E-state index contributed by atoms with van der Waals surface area (Å²) in [5.74, 6) is 0.864. The fourth-order valence-corrected chi connectivity index (χ4v) is 3.97. The van der Waals surface area contributed by atoms with E-state index in [9.17, 15) is 14.0 Å². The van der Waals surface area contributed by atoms with Gasteiger partial charge in [-0.3, -0.25) is 9.59 Å². The van der Waals surface area contributed by atoms with Crippen molar-refractivity contribution in [1.82, 2.24) is 4.90 Å². The number of nitrogens with one attached hydrogen (secondary N) is 1. The van der Waals surface area contributed by atoms with Crippen molar-refractivity contribution in [3.63, 3.8) is 0 Å². The summed E-state index contributed by atoms with van der Waals surface area (Å²) in [6.07, 6.45) is 0.604. The molecule has 2 heterocycles. The number of nitrogens with zero attached hydrogens (tertiary/aromatic N) is 1. The first kappa shape index (κ1) is 20.7. The molecule has 1 N–H and O–H groups in total. The zero-order valence-corrected chi connectivity index (χ0v) is 17.8. The first-order chi connectivity index (χ1) is 16.1. The fourth-order valence-electron chi connectivity index (χ4n) is 3.97. The molecule has 6 heteroatoms. The summed E-state index contributed by atoms with van der Waals surface area (Å²) in [6.45, 7) is 0.961. The number of hydrogen-bond donors (Lipinski definition) is 1. The molecule has 0 bridgehead atoms. The monoisotopic (exact) mass is 440 g/mol. The molecule has 0 saturated heterocycles. The van der Waals surface area contributed by atoms with Crippen molar-refractivity contribution in [1.29, 1.82) is 0 Å². The number of hydrogen-bond acceptors (Lipinski definition) is 3. The van der Waals surface area contributed by atoms with Gasteiger partial charge in [0.05, 0.1) is 0 Å². The van der Waals surface area contributed by atoms with E-state index in [-0.39, 0.29) is 17.6 Å². The topological polar surface area (TPSA) is 62.6 Å². The first-order valence-electron chi connectivity index (χ1n) is 10.7. The first-order valence-corrected chi connectivity index (χ1v) is 10.7. The van der Waals surface area contributed by atoms with Crippen molar-refractivity contribution in [2.45, 2.75) is 13.0 Å². The Morgan fingerprint density at radius 2 is 1.67 bits per heavy atom. The van der Waals surface area contributed by atoms with Crippen LogP contribution >= 0.6 is 0 Å². The van der Waals surface area contributed by atoms with E-state index in [1.165, 1.54) is 24.3 Å². The molecular formula is C27H21FN2O3. The highest BCUT2D eigenvalue weighted by atomic mass is 19.1. The smallest absolute Gasteiger partial charge is 0.255 e. The van der Waals surface area contributed by atoms with Crippen molar-refractivity contribution in [2.75, 3.05) is 11.9 Å². The van der Waals surface area contributed by atoms with Gasteiger partial charge in [-0.15, -0.1) is 0 Å². The molecule has 1 aromatic heterocycles. The van der Waals surface area contributed by atoms with E-state index < -0.39 is 0 Å². The van der Waals surface area contributed by atoms with Crippen molar-refractivity contribution in [3.8, 4) is 11.3 Å². The van der Waals surface area contributed by atoms with Crippen LogP contribution in [0.15, 0.2) is 89.3 Å². The minimum atomic E-state index is -0.367. The zero-order chi connectivity index (χ0) is 22.8. The molecule has 0 unspecified atom stereocenters. The SMILES string of the molecule is O=C(Nc1cccc(-c2cc3c(o2)CCN(C(=O)c2ccc(F)cc2)C3)c1)c1ccccc1. The number of carbonyl (C=O) groups is 2. The number of fused-ring (bicyclic) bond motifs is 1. The predicted molar refractivity (Wildman–Crippen MR) is 123 cm³/mol. The van der Waals surface area contributed by atoms with Gasteiger partial charge in [0.1, 0.15) is 17.3 Å². The van der Waals surface area contributed by atoms with Crippen LogP contribution in [0.2, 0.25) is 0 Å². The Hall–Kier alpha value is -4.19. The highest BCUT2D eigenvalue weighted by Crippen LogP contribution is 2.31. The van der Waals surface area contributed by atoms with Crippen molar-refractivity contribution >= 4 is 17.5 Å². The van der Waals surface area contributed by atoms with Gasteiger partial charge in [0, 0.05) is 47.5 Å². The maximum Gasteiger partial charge on any atom is 0.255 e. The van der Waals surface area contributed by atoms with Gasteiger partial charge in [-0.2, -0.15) is 0 Å². The van der Waals surface area contributed by atoms with Crippen LogP contribution in [0.25, 0.3) is 11.3 Å². The lowest BCUT2D eigenvalue weighted by Gasteiger charge is -2.26. The zero-order valence-electron chi connectivity index (χ0n) is 17.8. The van der Waals surface area contributed by atoms with Gasteiger partial charge in [0.15, 0.2) is 0 Å². The Labute approximate surface area is 190 Å². The van der Waals surface area contributed by atoms with Crippen LogP contribution in [0.5, 0.6) is 0 Å². The molecule has 33 heavy (non-hydrogen) atoms. The average Bonchev–Trinajstić information content (AvgIpc) is 3.28. The van der Waals surface area contributed by atoms with Crippen LogP contribution in [0, 0.1) is 5.82 Å². The Morgan fingerprint density at radius 3 is 2.45 bits per heavy atom. The second-order valence-electron chi connectivity index (χ2n) is 7.94. The predicted octanol–water partition coefficient (Wildman–Crippen LogP) is 5.54. The molecule has 0 radical (unpaired) electrons. The number of rotatable bonds is 4. The van der Waals surface area contributed by atoms with Crippen LogP contribution in [-0.4, -0.2) is 23.3 Å². The minimum absolute atomic E-state index is 0.131. The van der Waals surface area contributed by atoms with Crippen molar-refractivity contribution < 1.29 is 18.4 Å². The number of anilines is 1. The summed E-state index contributed by atoms with van der Waals surface area (Å²) >= 11 is 0. The summed E-state index contributed by atoms with van der Waals surface area (Å²) in [5, 5.41) is 2.91. The van der Waals surface area contributed by atoms with Crippen LogP contribution in [0.4, 0.5) is 10.1 Å². The van der Waals surface area contributed by atoms with Crippen molar-refractivity contribution in [2.24, 2.45) is 0 Å². The van der Waals surface area contributed by atoms with Crippen LogP contribution < -0.4 is 5.32 Å². The van der Waals surface area contributed by atoms with Gasteiger partial charge in [-0.05, 0) is 54.6 Å². The summed E-state index contributed by atoms with van der Waals surface area (Å²) in [6, 6.07) is 24.1. The highest BCUT2D eigenvalue weighted by Gasteiger charge is 2.25. The van der Waals surface area contributed by atoms with Gasteiger partial charge < -0.3 is 14.6 Å². The molecule has 4 aromatic rings. The highest BCUT2D eigenvalue weighted by molar-refractivity contribution is 6.04. The van der Waals surface area contributed by atoms with Gasteiger partial charge in [0.2, 0.25) is 0 Å². The van der Waals surface area contributed by atoms with Crippen LogP contribution in [0.1, 0.15) is 32.0 Å². The molecule has 0 aliphatic carbocycles. The minimum Gasteiger partial charge on any atom is -0.461 e. The maximum atomic E-state index is 13.2. The molecule has 0 atom stereocenters. The molecule has 2 amide bonds. The molecule has 0 saturated carbocycles. The van der Waals surface area contributed by atoms with E-state index in [2.05, 4.69) is 5.32 Å². The standard InChI is InChI=1S/C27H21FN2O3/c28-22-11-9-19(10-12-22)27(32)30-14-13-24-21(17-30)16-25(33-24)20-7-4-8-23(15-20)29-26(31)18-5-2-1-3-6-18/h1-12,15-16H,13-14,17H2,(H,29,31). The summed E-state index contributed by atoms with van der Waals surface area (Å²) < 4.78 is 19.3. The van der Waals surface area contributed by atoms with Gasteiger partial charge in [-0.25, -0.2) is 4.39 Å². The fraction of sp³-hybridized carbons (Fsp3) is 0.111. The normalized spacial score (nSPS) is 12.8. The van der Waals surface area contributed by atoms with Gasteiger partial charge in [0.25, 0.3) is 11.8 Å². The molecule has 0 fully saturated rings. The number of halogens is 1. The number of furan rings is 1. The summed E-state index contributed by atoms with van der Waals surface area (Å²) in [7, 11) is 0. The molecule has 3 aromatic carbocycles.